The highest BCUT2D eigenvalue weighted by Crippen LogP contribution is 2.34. The van der Waals surface area contributed by atoms with Gasteiger partial charge in [-0.3, -0.25) is 9.78 Å². The molecule has 0 bridgehead atoms. The Bertz CT molecular complexity index is 696. The molecule has 1 atom stereocenters. The van der Waals surface area contributed by atoms with Gasteiger partial charge in [0, 0.05) is 6.20 Å². The first kappa shape index (κ1) is 17.3. The molecule has 0 radical (unpaired) electrons. The Morgan fingerprint density at radius 3 is 2.17 bits per heavy atom. The average Bonchev–Trinajstić information content (AvgIpc) is 2.65. The van der Waals surface area contributed by atoms with Gasteiger partial charge in [-0.1, -0.05) is 12.1 Å². The van der Waals surface area contributed by atoms with Crippen LogP contribution in [0.5, 0.6) is 11.5 Å². The van der Waals surface area contributed by atoms with Crippen molar-refractivity contribution in [3.05, 3.63) is 53.9 Å². The number of nitrogens with zero attached hydrogens (tertiary/aromatic N) is 1. The smallest absolute Gasteiger partial charge is 0.333 e. The third kappa shape index (κ3) is 3.62. The van der Waals surface area contributed by atoms with Crippen LogP contribution in [0.4, 0.5) is 0 Å². The second-order valence-corrected chi connectivity index (χ2v) is 4.72. The largest absolute Gasteiger partial charge is 0.496 e. The summed E-state index contributed by atoms with van der Waals surface area (Å²) in [6.45, 7) is 0. The molecule has 1 unspecified atom stereocenters. The molecule has 2 rings (SSSR count). The van der Waals surface area contributed by atoms with Gasteiger partial charge in [-0.15, -0.1) is 0 Å². The van der Waals surface area contributed by atoms with Crippen LogP contribution < -0.4 is 14.8 Å². The van der Waals surface area contributed by atoms with E-state index in [0.717, 1.165) is 0 Å². The van der Waals surface area contributed by atoms with E-state index in [1.54, 1.807) is 36.4 Å². The van der Waals surface area contributed by atoms with Crippen LogP contribution in [-0.4, -0.2) is 38.2 Å². The summed E-state index contributed by atoms with van der Waals surface area (Å²) in [6, 6.07) is 8.87. The molecule has 1 amide bonds. The molecular weight excluding hydrogens is 312 g/mol. The van der Waals surface area contributed by atoms with E-state index in [-0.39, 0.29) is 5.69 Å². The van der Waals surface area contributed by atoms with E-state index in [1.807, 2.05) is 0 Å². The van der Waals surface area contributed by atoms with Crippen molar-refractivity contribution in [3.8, 4) is 11.5 Å². The summed E-state index contributed by atoms with van der Waals surface area (Å²) in [5.74, 6) is -0.377. The number of rotatable bonds is 6. The van der Waals surface area contributed by atoms with Gasteiger partial charge in [0.2, 0.25) is 0 Å². The van der Waals surface area contributed by atoms with Gasteiger partial charge in [-0.25, -0.2) is 4.79 Å². The number of aromatic nitrogens is 1. The molecule has 1 aromatic heterocycles. The Morgan fingerprint density at radius 2 is 1.67 bits per heavy atom. The zero-order valence-corrected chi connectivity index (χ0v) is 13.6. The van der Waals surface area contributed by atoms with Crippen molar-refractivity contribution in [2.75, 3.05) is 21.3 Å². The quantitative estimate of drug-likeness (QED) is 0.812. The number of benzene rings is 1. The Morgan fingerprint density at radius 1 is 1.00 bits per heavy atom. The second-order valence-electron chi connectivity index (χ2n) is 4.72. The van der Waals surface area contributed by atoms with Crippen LogP contribution >= 0.6 is 0 Å². The van der Waals surface area contributed by atoms with Crippen LogP contribution in [0.25, 0.3) is 0 Å². The van der Waals surface area contributed by atoms with Gasteiger partial charge in [0.25, 0.3) is 5.91 Å². The van der Waals surface area contributed by atoms with Crippen LogP contribution in [0.15, 0.2) is 42.6 Å². The highest BCUT2D eigenvalue weighted by Gasteiger charge is 2.30. The van der Waals surface area contributed by atoms with Gasteiger partial charge in [0.1, 0.15) is 17.2 Å². The molecule has 0 spiro atoms. The minimum atomic E-state index is -1.10. The molecule has 0 saturated heterocycles. The molecule has 1 N–H and O–H groups in total. The SMILES string of the molecule is COC(=O)C(NC(=O)c1ccccn1)c1c(OC)cccc1OC. The van der Waals surface area contributed by atoms with Crippen molar-refractivity contribution < 1.29 is 23.8 Å². The lowest BCUT2D eigenvalue weighted by atomic mass is 10.0. The minimum Gasteiger partial charge on any atom is -0.496 e. The van der Waals surface area contributed by atoms with Crippen LogP contribution in [0.1, 0.15) is 22.1 Å². The molecule has 0 aliphatic heterocycles. The van der Waals surface area contributed by atoms with Crippen molar-refractivity contribution in [1.29, 1.82) is 0 Å². The number of esters is 1. The predicted molar refractivity (Wildman–Crippen MR) is 86.0 cm³/mol. The first-order valence-corrected chi connectivity index (χ1v) is 7.13. The van der Waals surface area contributed by atoms with E-state index in [4.69, 9.17) is 14.2 Å². The van der Waals surface area contributed by atoms with Crippen LogP contribution in [0, 0.1) is 0 Å². The summed E-state index contributed by atoms with van der Waals surface area (Å²) in [5, 5.41) is 2.61. The molecule has 7 heteroatoms. The molecule has 2 aromatic rings. The zero-order valence-electron chi connectivity index (χ0n) is 13.6. The summed E-state index contributed by atoms with van der Waals surface area (Å²) in [6.07, 6.45) is 1.49. The van der Waals surface area contributed by atoms with E-state index in [1.165, 1.54) is 27.5 Å². The summed E-state index contributed by atoms with van der Waals surface area (Å²) in [5.41, 5.74) is 0.555. The lowest BCUT2D eigenvalue weighted by Gasteiger charge is -2.21. The van der Waals surface area contributed by atoms with E-state index >= 15 is 0 Å². The zero-order chi connectivity index (χ0) is 17.5. The summed E-state index contributed by atoms with van der Waals surface area (Å²) >= 11 is 0. The van der Waals surface area contributed by atoms with Gasteiger partial charge >= 0.3 is 5.97 Å². The summed E-state index contributed by atoms with van der Waals surface area (Å²) < 4.78 is 15.4. The van der Waals surface area contributed by atoms with E-state index < -0.39 is 17.9 Å². The third-order valence-electron chi connectivity index (χ3n) is 3.36. The highest BCUT2D eigenvalue weighted by atomic mass is 16.5. The second kappa shape index (κ2) is 7.96. The number of hydrogen-bond acceptors (Lipinski definition) is 6. The first-order valence-electron chi connectivity index (χ1n) is 7.13. The minimum absolute atomic E-state index is 0.181. The van der Waals surface area contributed by atoms with Gasteiger partial charge < -0.3 is 19.5 Å². The first-order chi connectivity index (χ1) is 11.6. The Hall–Kier alpha value is -3.09. The van der Waals surface area contributed by atoms with Crippen molar-refractivity contribution >= 4 is 11.9 Å². The van der Waals surface area contributed by atoms with Crippen LogP contribution in [0.3, 0.4) is 0 Å². The molecule has 24 heavy (non-hydrogen) atoms. The fraction of sp³-hybridized carbons (Fsp3) is 0.235. The summed E-state index contributed by atoms with van der Waals surface area (Å²) in [7, 11) is 4.17. The maximum atomic E-state index is 12.4. The number of ether oxygens (including phenoxy) is 3. The molecule has 0 aliphatic rings. The number of hydrogen-bond donors (Lipinski definition) is 1. The molecule has 0 fully saturated rings. The lowest BCUT2D eigenvalue weighted by Crippen LogP contribution is -2.35. The van der Waals surface area contributed by atoms with Crippen LogP contribution in [-0.2, 0) is 9.53 Å². The van der Waals surface area contributed by atoms with Crippen molar-refractivity contribution in [2.24, 2.45) is 0 Å². The monoisotopic (exact) mass is 330 g/mol. The van der Waals surface area contributed by atoms with E-state index in [2.05, 4.69) is 10.3 Å². The van der Waals surface area contributed by atoms with Gasteiger partial charge in [-0.2, -0.15) is 0 Å². The fourth-order valence-corrected chi connectivity index (χ4v) is 2.23. The van der Waals surface area contributed by atoms with Gasteiger partial charge in [0.05, 0.1) is 26.9 Å². The van der Waals surface area contributed by atoms with Gasteiger partial charge in [0.15, 0.2) is 6.04 Å². The van der Waals surface area contributed by atoms with Crippen molar-refractivity contribution in [3.63, 3.8) is 0 Å². The van der Waals surface area contributed by atoms with Crippen molar-refractivity contribution in [1.82, 2.24) is 10.3 Å². The predicted octanol–water partition coefficient (Wildman–Crippen LogP) is 1.74. The standard InChI is InChI=1S/C17H18N2O5/c1-22-12-8-6-9-13(23-2)14(12)15(17(21)24-3)19-16(20)11-7-4-5-10-18-11/h4-10,15H,1-3H3,(H,19,20). The van der Waals surface area contributed by atoms with Crippen LogP contribution in [0.2, 0.25) is 0 Å². The van der Waals surface area contributed by atoms with Crippen molar-refractivity contribution in [2.45, 2.75) is 6.04 Å². The highest BCUT2D eigenvalue weighted by molar-refractivity contribution is 5.95. The Kier molecular flexibility index (Phi) is 5.73. The van der Waals surface area contributed by atoms with E-state index in [0.29, 0.717) is 17.1 Å². The molecule has 0 aliphatic carbocycles. The normalized spacial score (nSPS) is 11.3. The maximum Gasteiger partial charge on any atom is 0.333 e. The fourth-order valence-electron chi connectivity index (χ4n) is 2.23. The number of carbonyl (C=O) groups is 2. The molecular formula is C17H18N2O5. The van der Waals surface area contributed by atoms with Gasteiger partial charge in [-0.05, 0) is 24.3 Å². The number of pyridine rings is 1. The molecule has 0 saturated carbocycles. The summed E-state index contributed by atoms with van der Waals surface area (Å²) in [4.78, 5) is 28.6. The van der Waals surface area contributed by atoms with E-state index in [9.17, 15) is 9.59 Å². The number of methoxy groups -OCH3 is 3. The maximum absolute atomic E-state index is 12.4. The number of amides is 1. The topological polar surface area (TPSA) is 86.8 Å². The molecule has 7 nitrogen and oxygen atoms in total. The number of nitrogens with one attached hydrogen (secondary N) is 1. The molecule has 1 heterocycles. The molecule has 1 aromatic carbocycles. The third-order valence-corrected chi connectivity index (χ3v) is 3.36. The average molecular weight is 330 g/mol. The number of carbonyl (C=O) groups excluding carboxylic acids is 2. The Labute approximate surface area is 139 Å². The lowest BCUT2D eigenvalue weighted by molar-refractivity contribution is -0.143. The Balaban J connectivity index is 2.43. The molecule has 126 valence electrons.